The summed E-state index contributed by atoms with van der Waals surface area (Å²) in [5.41, 5.74) is 1.53. The highest BCUT2D eigenvalue weighted by molar-refractivity contribution is 5.08. The molecule has 0 aliphatic heterocycles. The van der Waals surface area contributed by atoms with Crippen LogP contribution in [0.4, 0.5) is 0 Å². The van der Waals surface area contributed by atoms with Gasteiger partial charge in [-0.2, -0.15) is 0 Å². The molecule has 2 heteroatoms. The monoisotopic (exact) mass is 197 g/mol. The molecule has 0 spiro atoms. The molecule has 2 N–H and O–H groups in total. The van der Waals surface area contributed by atoms with Crippen molar-refractivity contribution >= 4 is 0 Å². The zero-order valence-electron chi connectivity index (χ0n) is 9.59. The Morgan fingerprint density at radius 3 is 2.79 bits per heavy atom. The Labute approximate surface area is 87.4 Å². The summed E-state index contributed by atoms with van der Waals surface area (Å²) < 4.78 is 0. The molecule has 0 amide bonds. The van der Waals surface area contributed by atoms with E-state index in [1.54, 1.807) is 0 Å². The van der Waals surface area contributed by atoms with Crippen molar-refractivity contribution in [1.82, 2.24) is 5.32 Å². The van der Waals surface area contributed by atoms with E-state index in [2.05, 4.69) is 32.2 Å². The van der Waals surface area contributed by atoms with Crippen molar-refractivity contribution in [3.8, 4) is 0 Å². The summed E-state index contributed by atoms with van der Waals surface area (Å²) in [5.74, 6) is 2.16. The fourth-order valence-corrected chi connectivity index (χ4v) is 2.55. The Kier molecular flexibility index (Phi) is 4.63. The van der Waals surface area contributed by atoms with Gasteiger partial charge in [0.15, 0.2) is 0 Å². The third-order valence-electron chi connectivity index (χ3n) is 3.27. The predicted octanol–water partition coefficient (Wildman–Crippen LogP) is 1.81. The molecule has 1 rings (SSSR count). The SMILES string of the molecule is CC1=C[C@H](C)[C@H](CNCCO)[C@@H](C)C1. The summed E-state index contributed by atoms with van der Waals surface area (Å²) >= 11 is 0. The Morgan fingerprint density at radius 2 is 2.21 bits per heavy atom. The minimum absolute atomic E-state index is 0.240. The summed E-state index contributed by atoms with van der Waals surface area (Å²) in [6.45, 7) is 8.85. The van der Waals surface area contributed by atoms with Crippen LogP contribution in [0.5, 0.6) is 0 Å². The van der Waals surface area contributed by atoms with E-state index in [0.29, 0.717) is 5.92 Å². The van der Waals surface area contributed by atoms with Crippen LogP contribution in [0.3, 0.4) is 0 Å². The molecule has 1 aliphatic carbocycles. The van der Waals surface area contributed by atoms with Gasteiger partial charge in [0.1, 0.15) is 0 Å². The van der Waals surface area contributed by atoms with Crippen LogP contribution in [0.25, 0.3) is 0 Å². The molecule has 3 atom stereocenters. The number of aliphatic hydroxyl groups excluding tert-OH is 1. The fraction of sp³-hybridized carbons (Fsp3) is 0.833. The van der Waals surface area contributed by atoms with Crippen LogP contribution in [0, 0.1) is 17.8 Å². The number of hydrogen-bond donors (Lipinski definition) is 2. The van der Waals surface area contributed by atoms with Gasteiger partial charge in [-0.25, -0.2) is 0 Å². The summed E-state index contributed by atoms with van der Waals surface area (Å²) in [6, 6.07) is 0. The van der Waals surface area contributed by atoms with Gasteiger partial charge in [-0.1, -0.05) is 25.5 Å². The second-order valence-corrected chi connectivity index (χ2v) is 4.65. The van der Waals surface area contributed by atoms with Gasteiger partial charge in [-0.05, 0) is 37.6 Å². The largest absolute Gasteiger partial charge is 0.395 e. The standard InChI is InChI=1S/C12H23NO/c1-9-6-10(2)12(11(3)7-9)8-13-4-5-14/h6,10-14H,4-5,7-8H2,1-3H3/t10-,11-,12-/m0/s1. The Balaban J connectivity index is 2.43. The molecule has 14 heavy (non-hydrogen) atoms. The van der Waals surface area contributed by atoms with E-state index in [-0.39, 0.29) is 6.61 Å². The van der Waals surface area contributed by atoms with Crippen LogP contribution in [-0.2, 0) is 0 Å². The number of hydrogen-bond acceptors (Lipinski definition) is 2. The number of allylic oxidation sites excluding steroid dienone is 2. The average Bonchev–Trinajstić information content (AvgIpc) is 2.09. The van der Waals surface area contributed by atoms with Gasteiger partial charge in [0, 0.05) is 6.54 Å². The van der Waals surface area contributed by atoms with E-state index < -0.39 is 0 Å². The Morgan fingerprint density at radius 1 is 1.50 bits per heavy atom. The van der Waals surface area contributed by atoms with E-state index in [9.17, 15) is 0 Å². The van der Waals surface area contributed by atoms with Crippen LogP contribution in [0.15, 0.2) is 11.6 Å². The lowest BCUT2D eigenvalue weighted by atomic mass is 9.75. The maximum absolute atomic E-state index is 8.70. The topological polar surface area (TPSA) is 32.3 Å². The maximum Gasteiger partial charge on any atom is 0.0555 e. The van der Waals surface area contributed by atoms with E-state index in [4.69, 9.17) is 5.11 Å². The zero-order valence-corrected chi connectivity index (χ0v) is 9.59. The third-order valence-corrected chi connectivity index (χ3v) is 3.27. The van der Waals surface area contributed by atoms with Crippen molar-refractivity contribution in [3.05, 3.63) is 11.6 Å². The van der Waals surface area contributed by atoms with Crippen LogP contribution >= 0.6 is 0 Å². The zero-order chi connectivity index (χ0) is 10.6. The predicted molar refractivity (Wildman–Crippen MR) is 60.1 cm³/mol. The summed E-state index contributed by atoms with van der Waals surface area (Å²) in [5, 5.41) is 12.0. The molecule has 0 saturated carbocycles. The lowest BCUT2D eigenvalue weighted by Crippen LogP contribution is -2.34. The minimum Gasteiger partial charge on any atom is -0.395 e. The van der Waals surface area contributed by atoms with Crippen LogP contribution in [0.1, 0.15) is 27.2 Å². The second kappa shape index (κ2) is 5.52. The van der Waals surface area contributed by atoms with E-state index >= 15 is 0 Å². The van der Waals surface area contributed by atoms with Crippen LogP contribution in [-0.4, -0.2) is 24.8 Å². The molecule has 0 unspecified atom stereocenters. The molecule has 0 fully saturated rings. The molecule has 0 aromatic heterocycles. The first kappa shape index (κ1) is 11.7. The lowest BCUT2D eigenvalue weighted by Gasteiger charge is -2.33. The molecule has 0 aromatic carbocycles. The Hall–Kier alpha value is -0.340. The highest BCUT2D eigenvalue weighted by Gasteiger charge is 2.25. The van der Waals surface area contributed by atoms with E-state index in [1.165, 1.54) is 12.0 Å². The van der Waals surface area contributed by atoms with Gasteiger partial charge in [0.05, 0.1) is 6.61 Å². The van der Waals surface area contributed by atoms with Gasteiger partial charge in [-0.15, -0.1) is 0 Å². The molecule has 82 valence electrons. The van der Waals surface area contributed by atoms with Crippen molar-refractivity contribution in [1.29, 1.82) is 0 Å². The quantitative estimate of drug-likeness (QED) is 0.532. The fourth-order valence-electron chi connectivity index (χ4n) is 2.55. The third kappa shape index (κ3) is 3.10. The van der Waals surface area contributed by atoms with Crippen molar-refractivity contribution in [2.75, 3.05) is 19.7 Å². The molecule has 0 bridgehead atoms. The van der Waals surface area contributed by atoms with Crippen LogP contribution in [0.2, 0.25) is 0 Å². The first-order valence-corrected chi connectivity index (χ1v) is 5.64. The molecular weight excluding hydrogens is 174 g/mol. The number of aliphatic hydroxyl groups is 1. The van der Waals surface area contributed by atoms with Crippen molar-refractivity contribution in [2.45, 2.75) is 27.2 Å². The normalized spacial score (nSPS) is 32.9. The highest BCUT2D eigenvalue weighted by atomic mass is 16.3. The second-order valence-electron chi connectivity index (χ2n) is 4.65. The van der Waals surface area contributed by atoms with E-state index in [0.717, 1.165) is 24.9 Å². The lowest BCUT2D eigenvalue weighted by molar-refractivity contribution is 0.243. The molecule has 0 radical (unpaired) electrons. The first-order valence-electron chi connectivity index (χ1n) is 5.64. The summed E-state index contributed by atoms with van der Waals surface area (Å²) in [4.78, 5) is 0. The molecular formula is C12H23NO. The smallest absolute Gasteiger partial charge is 0.0555 e. The van der Waals surface area contributed by atoms with E-state index in [1.807, 2.05) is 0 Å². The Bertz CT molecular complexity index is 200. The van der Waals surface area contributed by atoms with Gasteiger partial charge in [-0.3, -0.25) is 0 Å². The van der Waals surface area contributed by atoms with Crippen molar-refractivity contribution < 1.29 is 5.11 Å². The summed E-state index contributed by atoms with van der Waals surface area (Å²) in [6.07, 6.45) is 3.63. The van der Waals surface area contributed by atoms with Gasteiger partial charge < -0.3 is 10.4 Å². The summed E-state index contributed by atoms with van der Waals surface area (Å²) in [7, 11) is 0. The first-order chi connectivity index (χ1) is 6.65. The molecule has 0 saturated heterocycles. The highest BCUT2D eigenvalue weighted by Crippen LogP contribution is 2.32. The van der Waals surface area contributed by atoms with Gasteiger partial charge in [0.25, 0.3) is 0 Å². The molecule has 1 aliphatic rings. The van der Waals surface area contributed by atoms with Crippen LogP contribution < -0.4 is 5.32 Å². The molecule has 0 aromatic rings. The average molecular weight is 197 g/mol. The number of rotatable bonds is 4. The molecule has 2 nitrogen and oxygen atoms in total. The van der Waals surface area contributed by atoms with Gasteiger partial charge >= 0.3 is 0 Å². The minimum atomic E-state index is 0.240. The van der Waals surface area contributed by atoms with Crippen molar-refractivity contribution in [3.63, 3.8) is 0 Å². The number of nitrogens with one attached hydrogen (secondary N) is 1. The molecule has 0 heterocycles. The van der Waals surface area contributed by atoms with Gasteiger partial charge in [0.2, 0.25) is 0 Å². The maximum atomic E-state index is 8.70. The van der Waals surface area contributed by atoms with Crippen molar-refractivity contribution in [2.24, 2.45) is 17.8 Å².